The predicted octanol–water partition coefficient (Wildman–Crippen LogP) is 1.16. The minimum Gasteiger partial charge on any atom is -0.508 e. The van der Waals surface area contributed by atoms with Gasteiger partial charge >= 0.3 is 0 Å². The van der Waals surface area contributed by atoms with E-state index in [-0.39, 0.29) is 5.75 Å². The van der Waals surface area contributed by atoms with Gasteiger partial charge in [0.2, 0.25) is 6.29 Å². The molecule has 1 aromatic rings. The Bertz CT molecular complexity index is 253. The normalized spacial score (nSPS) is 9.30. The Kier molecular flexibility index (Phi) is 1.71. The quantitative estimate of drug-likeness (QED) is 0.627. The highest BCUT2D eigenvalue weighted by atomic mass is 16.3. The van der Waals surface area contributed by atoms with Crippen molar-refractivity contribution in [2.75, 3.05) is 0 Å². The first-order chi connectivity index (χ1) is 4.74. The zero-order chi connectivity index (χ0) is 7.56. The fourth-order valence-corrected chi connectivity index (χ4v) is 0.720. The topological polar surface area (TPSA) is 37.3 Å². The number of phenolic OH excluding ortho intramolecular Hbond substituents is 1. The van der Waals surface area contributed by atoms with Crippen LogP contribution in [0, 0.1) is 6.92 Å². The molecule has 0 saturated heterocycles. The number of phenols is 1. The molecule has 1 N–H and O–H groups in total. The lowest BCUT2D eigenvalue weighted by Crippen LogP contribution is -1.84. The maximum atomic E-state index is 10.1. The Morgan fingerprint density at radius 2 is 2.20 bits per heavy atom. The molecule has 1 radical (unpaired) electrons. The number of aromatic hydroxyl groups is 1. The standard InChI is InChI=1S/C8H7O2/c1-6-2-3-8(10)4-7(6)5-9/h2-4,10H,1H3. The van der Waals surface area contributed by atoms with Gasteiger partial charge in [-0.15, -0.1) is 0 Å². The van der Waals surface area contributed by atoms with Gasteiger partial charge in [0.1, 0.15) is 5.75 Å². The monoisotopic (exact) mass is 135 g/mol. The Labute approximate surface area is 59.1 Å². The van der Waals surface area contributed by atoms with Crippen molar-refractivity contribution in [1.82, 2.24) is 0 Å². The summed E-state index contributed by atoms with van der Waals surface area (Å²) in [6, 6.07) is 4.61. The average molecular weight is 135 g/mol. The summed E-state index contributed by atoms with van der Waals surface area (Å²) in [5.74, 6) is 0.101. The highest BCUT2D eigenvalue weighted by molar-refractivity contribution is 5.78. The second-order valence-electron chi connectivity index (χ2n) is 2.10. The lowest BCUT2D eigenvalue weighted by atomic mass is 10.1. The molecule has 0 atom stereocenters. The van der Waals surface area contributed by atoms with Crippen molar-refractivity contribution in [2.45, 2.75) is 6.92 Å². The molecule has 0 aliphatic rings. The molecule has 0 aliphatic heterocycles. The molecular formula is C8H7O2. The second kappa shape index (κ2) is 2.52. The highest BCUT2D eigenvalue weighted by Gasteiger charge is 1.96. The third-order valence-electron chi connectivity index (χ3n) is 1.33. The number of aryl methyl sites for hydroxylation is 1. The average Bonchev–Trinajstić information content (AvgIpc) is 1.94. The first-order valence-electron chi connectivity index (χ1n) is 2.92. The van der Waals surface area contributed by atoms with Crippen LogP contribution in [0.15, 0.2) is 18.2 Å². The van der Waals surface area contributed by atoms with Gasteiger partial charge in [0.25, 0.3) is 0 Å². The highest BCUT2D eigenvalue weighted by Crippen LogP contribution is 2.13. The fourth-order valence-electron chi connectivity index (χ4n) is 0.720. The van der Waals surface area contributed by atoms with E-state index < -0.39 is 0 Å². The van der Waals surface area contributed by atoms with Crippen molar-refractivity contribution < 1.29 is 9.90 Å². The molecule has 0 bridgehead atoms. The molecule has 0 heterocycles. The molecular weight excluding hydrogens is 128 g/mol. The van der Waals surface area contributed by atoms with Gasteiger partial charge < -0.3 is 5.11 Å². The van der Waals surface area contributed by atoms with Crippen molar-refractivity contribution in [2.24, 2.45) is 0 Å². The molecule has 2 nitrogen and oxygen atoms in total. The fraction of sp³-hybridized carbons (Fsp3) is 0.125. The summed E-state index contributed by atoms with van der Waals surface area (Å²) in [7, 11) is 0. The number of hydrogen-bond acceptors (Lipinski definition) is 2. The van der Waals surface area contributed by atoms with Crippen LogP contribution in [0.1, 0.15) is 11.1 Å². The summed E-state index contributed by atoms with van der Waals surface area (Å²) in [5, 5.41) is 8.89. The third-order valence-corrected chi connectivity index (χ3v) is 1.33. The van der Waals surface area contributed by atoms with Crippen molar-refractivity contribution >= 4 is 6.29 Å². The summed E-state index contributed by atoms with van der Waals surface area (Å²) in [5.41, 5.74) is 1.24. The molecule has 51 valence electrons. The Balaban J connectivity index is 3.21. The molecule has 0 fully saturated rings. The summed E-state index contributed by atoms with van der Waals surface area (Å²) < 4.78 is 0. The van der Waals surface area contributed by atoms with Gasteiger partial charge in [-0.25, -0.2) is 0 Å². The van der Waals surface area contributed by atoms with E-state index in [1.807, 2.05) is 0 Å². The molecule has 1 rings (SSSR count). The molecule has 10 heavy (non-hydrogen) atoms. The zero-order valence-corrected chi connectivity index (χ0v) is 5.59. The summed E-state index contributed by atoms with van der Waals surface area (Å²) in [6.07, 6.45) is 1.73. The number of benzene rings is 1. The van der Waals surface area contributed by atoms with Gasteiger partial charge in [-0.2, -0.15) is 0 Å². The maximum Gasteiger partial charge on any atom is 0.233 e. The van der Waals surface area contributed by atoms with Crippen LogP contribution in [-0.2, 0) is 4.79 Å². The summed E-state index contributed by atoms with van der Waals surface area (Å²) >= 11 is 0. The van der Waals surface area contributed by atoms with E-state index in [1.54, 1.807) is 19.3 Å². The predicted molar refractivity (Wildman–Crippen MR) is 37.6 cm³/mol. The maximum absolute atomic E-state index is 10.1. The van der Waals surface area contributed by atoms with Crippen molar-refractivity contribution in [3.63, 3.8) is 0 Å². The van der Waals surface area contributed by atoms with E-state index >= 15 is 0 Å². The van der Waals surface area contributed by atoms with Crippen LogP contribution in [-0.4, -0.2) is 11.4 Å². The molecule has 0 spiro atoms. The van der Waals surface area contributed by atoms with Crippen molar-refractivity contribution in [3.8, 4) is 5.75 Å². The minimum absolute atomic E-state index is 0.101. The molecule has 1 aromatic carbocycles. The smallest absolute Gasteiger partial charge is 0.233 e. The molecule has 0 aliphatic carbocycles. The van der Waals surface area contributed by atoms with E-state index in [0.717, 1.165) is 5.56 Å². The van der Waals surface area contributed by atoms with Gasteiger partial charge in [0.15, 0.2) is 0 Å². The van der Waals surface area contributed by atoms with Crippen molar-refractivity contribution in [1.29, 1.82) is 0 Å². The minimum atomic E-state index is 0.101. The van der Waals surface area contributed by atoms with Crippen LogP contribution in [0.2, 0.25) is 0 Å². The van der Waals surface area contributed by atoms with E-state index in [1.165, 1.54) is 12.1 Å². The lowest BCUT2D eigenvalue weighted by molar-refractivity contribution is 0.474. The zero-order valence-electron chi connectivity index (χ0n) is 5.59. The largest absolute Gasteiger partial charge is 0.508 e. The van der Waals surface area contributed by atoms with Gasteiger partial charge in [0.05, 0.1) is 0 Å². The molecule has 0 saturated carbocycles. The lowest BCUT2D eigenvalue weighted by Gasteiger charge is -1.95. The molecule has 2 heteroatoms. The molecule has 0 unspecified atom stereocenters. The Morgan fingerprint density at radius 1 is 1.50 bits per heavy atom. The number of carbonyl (C=O) groups excluding carboxylic acids is 1. The summed E-state index contributed by atoms with van der Waals surface area (Å²) in [6.45, 7) is 1.79. The summed E-state index contributed by atoms with van der Waals surface area (Å²) in [4.78, 5) is 10.1. The second-order valence-corrected chi connectivity index (χ2v) is 2.10. The van der Waals surface area contributed by atoms with E-state index in [2.05, 4.69) is 0 Å². The van der Waals surface area contributed by atoms with E-state index in [0.29, 0.717) is 5.56 Å². The number of hydrogen-bond donors (Lipinski definition) is 1. The first-order valence-corrected chi connectivity index (χ1v) is 2.92. The molecule has 0 amide bonds. The van der Waals surface area contributed by atoms with E-state index in [4.69, 9.17) is 5.11 Å². The Morgan fingerprint density at radius 3 is 2.70 bits per heavy atom. The van der Waals surface area contributed by atoms with Crippen LogP contribution in [0.5, 0.6) is 5.75 Å². The van der Waals surface area contributed by atoms with Gasteiger partial charge in [-0.05, 0) is 24.6 Å². The van der Waals surface area contributed by atoms with Crippen LogP contribution in [0.25, 0.3) is 0 Å². The van der Waals surface area contributed by atoms with E-state index in [9.17, 15) is 4.79 Å². The van der Waals surface area contributed by atoms with Crippen LogP contribution < -0.4 is 0 Å². The van der Waals surface area contributed by atoms with Gasteiger partial charge in [-0.3, -0.25) is 4.79 Å². The SMILES string of the molecule is Cc1ccc(O)cc1[C]=O. The number of rotatable bonds is 1. The van der Waals surface area contributed by atoms with Crippen LogP contribution in [0.4, 0.5) is 0 Å². The first kappa shape index (κ1) is 6.81. The van der Waals surface area contributed by atoms with Crippen LogP contribution >= 0.6 is 0 Å². The third kappa shape index (κ3) is 1.16. The van der Waals surface area contributed by atoms with Crippen LogP contribution in [0.3, 0.4) is 0 Å². The van der Waals surface area contributed by atoms with Gasteiger partial charge in [-0.1, -0.05) is 6.07 Å². The van der Waals surface area contributed by atoms with Crippen molar-refractivity contribution in [3.05, 3.63) is 29.3 Å². The van der Waals surface area contributed by atoms with Gasteiger partial charge in [0, 0.05) is 5.56 Å². The molecule has 0 aromatic heterocycles. The Hall–Kier alpha value is -1.31.